The summed E-state index contributed by atoms with van der Waals surface area (Å²) in [5.74, 6) is -4.00. The number of piperidine rings is 1. The number of carbonyl (C=O) groups is 2. The Hall–Kier alpha value is -2.92. The summed E-state index contributed by atoms with van der Waals surface area (Å²) in [5, 5.41) is 2.60. The Kier molecular flexibility index (Phi) is 8.09. The third kappa shape index (κ3) is 6.55. The minimum absolute atomic E-state index is 0.0675. The smallest absolute Gasteiger partial charge is 0.309 e. The SMILES string of the molecule is O=C(COC(=O)C1CCN(S(=O)(=O)c2cc(F)ccc2F)CC1)NCCc1ccc(F)cc1. The predicted octanol–water partition coefficient (Wildman–Crippen LogP) is 2.41. The van der Waals surface area contributed by atoms with Crippen LogP contribution in [-0.4, -0.2) is 50.8 Å². The number of benzene rings is 2. The highest BCUT2D eigenvalue weighted by Crippen LogP contribution is 2.26. The van der Waals surface area contributed by atoms with Crippen molar-refractivity contribution in [3.05, 3.63) is 65.5 Å². The summed E-state index contributed by atoms with van der Waals surface area (Å²) >= 11 is 0. The normalized spacial score (nSPS) is 15.2. The number of halogens is 3. The summed E-state index contributed by atoms with van der Waals surface area (Å²) in [5.41, 5.74) is 0.841. The first kappa shape index (κ1) is 24.7. The van der Waals surface area contributed by atoms with Crippen LogP contribution in [0.5, 0.6) is 0 Å². The van der Waals surface area contributed by atoms with Gasteiger partial charge in [0.25, 0.3) is 5.91 Å². The molecule has 0 aromatic heterocycles. The van der Waals surface area contributed by atoms with Crippen LogP contribution in [0.1, 0.15) is 18.4 Å². The van der Waals surface area contributed by atoms with E-state index in [-0.39, 0.29) is 38.3 Å². The molecule has 0 radical (unpaired) electrons. The number of nitrogens with one attached hydrogen (secondary N) is 1. The van der Waals surface area contributed by atoms with Gasteiger partial charge in [-0.2, -0.15) is 4.31 Å². The van der Waals surface area contributed by atoms with Crippen LogP contribution < -0.4 is 5.32 Å². The Bertz CT molecular complexity index is 1100. The lowest BCUT2D eigenvalue weighted by Gasteiger charge is -2.30. The number of amides is 1. The third-order valence-corrected chi connectivity index (χ3v) is 7.21. The van der Waals surface area contributed by atoms with E-state index in [0.717, 1.165) is 22.0 Å². The summed E-state index contributed by atoms with van der Waals surface area (Å²) in [6.45, 7) is -0.325. The molecule has 0 bridgehead atoms. The molecule has 178 valence electrons. The topological polar surface area (TPSA) is 92.8 Å². The van der Waals surface area contributed by atoms with Crippen molar-refractivity contribution >= 4 is 21.9 Å². The van der Waals surface area contributed by atoms with Gasteiger partial charge in [0, 0.05) is 19.6 Å². The molecule has 2 aromatic carbocycles. The van der Waals surface area contributed by atoms with Gasteiger partial charge in [-0.1, -0.05) is 12.1 Å². The van der Waals surface area contributed by atoms with Crippen LogP contribution in [0.25, 0.3) is 0 Å². The van der Waals surface area contributed by atoms with Crippen molar-refractivity contribution in [1.82, 2.24) is 9.62 Å². The Labute approximate surface area is 189 Å². The van der Waals surface area contributed by atoms with Gasteiger partial charge in [0.1, 0.15) is 22.3 Å². The van der Waals surface area contributed by atoms with Crippen molar-refractivity contribution in [1.29, 1.82) is 0 Å². The Morgan fingerprint density at radius 2 is 1.64 bits per heavy atom. The first-order valence-electron chi connectivity index (χ1n) is 10.3. The molecule has 1 aliphatic heterocycles. The highest BCUT2D eigenvalue weighted by atomic mass is 32.2. The van der Waals surface area contributed by atoms with Gasteiger partial charge in [0.2, 0.25) is 10.0 Å². The van der Waals surface area contributed by atoms with Gasteiger partial charge in [0.05, 0.1) is 5.92 Å². The van der Waals surface area contributed by atoms with Crippen LogP contribution in [-0.2, 0) is 30.8 Å². The van der Waals surface area contributed by atoms with Crippen LogP contribution in [0.3, 0.4) is 0 Å². The maximum atomic E-state index is 13.9. The van der Waals surface area contributed by atoms with E-state index >= 15 is 0 Å². The lowest BCUT2D eigenvalue weighted by atomic mass is 9.98. The van der Waals surface area contributed by atoms with Crippen molar-refractivity contribution in [2.75, 3.05) is 26.2 Å². The minimum Gasteiger partial charge on any atom is -0.455 e. The molecule has 1 saturated heterocycles. The summed E-state index contributed by atoms with van der Waals surface area (Å²) in [4.78, 5) is 23.4. The van der Waals surface area contributed by atoms with Gasteiger partial charge < -0.3 is 10.1 Å². The molecular formula is C22H23F3N2O5S. The fraction of sp³-hybridized carbons (Fsp3) is 0.364. The molecule has 1 amide bonds. The highest BCUT2D eigenvalue weighted by Gasteiger charge is 2.34. The fourth-order valence-electron chi connectivity index (χ4n) is 3.45. The number of esters is 1. The first-order chi connectivity index (χ1) is 15.7. The molecule has 0 unspecified atom stereocenters. The third-order valence-electron chi connectivity index (χ3n) is 5.29. The molecule has 0 atom stereocenters. The van der Waals surface area contributed by atoms with Crippen molar-refractivity contribution in [3.63, 3.8) is 0 Å². The standard InChI is InChI=1S/C22H23F3N2O5S/c23-17-3-1-15(2-4-17)7-10-26-21(28)14-32-22(29)16-8-11-27(12-9-16)33(30,31)20-13-18(24)5-6-19(20)25/h1-6,13,16H,7-12,14H2,(H,26,28). The number of rotatable bonds is 8. The minimum atomic E-state index is -4.24. The zero-order valence-corrected chi connectivity index (χ0v) is 18.4. The van der Waals surface area contributed by atoms with Crippen LogP contribution in [0.15, 0.2) is 47.4 Å². The van der Waals surface area contributed by atoms with E-state index in [9.17, 15) is 31.2 Å². The van der Waals surface area contributed by atoms with Gasteiger partial charge >= 0.3 is 5.97 Å². The van der Waals surface area contributed by atoms with E-state index < -0.39 is 51.0 Å². The quantitative estimate of drug-likeness (QED) is 0.581. The molecule has 3 rings (SSSR count). The lowest BCUT2D eigenvalue weighted by Crippen LogP contribution is -2.41. The average Bonchev–Trinajstić information content (AvgIpc) is 2.80. The van der Waals surface area contributed by atoms with E-state index in [1.165, 1.54) is 12.1 Å². The Balaban J connectivity index is 1.42. The lowest BCUT2D eigenvalue weighted by molar-refractivity contribution is -0.153. The summed E-state index contributed by atoms with van der Waals surface area (Å²) in [6, 6.07) is 8.06. The van der Waals surface area contributed by atoms with E-state index in [4.69, 9.17) is 4.74 Å². The van der Waals surface area contributed by atoms with Gasteiger partial charge in [0.15, 0.2) is 6.61 Å². The second kappa shape index (κ2) is 10.8. The molecule has 1 heterocycles. The second-order valence-electron chi connectivity index (χ2n) is 7.59. The van der Waals surface area contributed by atoms with E-state index in [1.54, 1.807) is 12.1 Å². The molecular weight excluding hydrogens is 461 g/mol. The summed E-state index contributed by atoms with van der Waals surface area (Å²) in [6.07, 6.45) is 0.737. The first-order valence-corrected chi connectivity index (χ1v) is 11.7. The second-order valence-corrected chi connectivity index (χ2v) is 9.49. The van der Waals surface area contributed by atoms with E-state index in [2.05, 4.69) is 5.32 Å². The number of carbonyl (C=O) groups excluding carboxylic acids is 2. The number of sulfonamides is 1. The molecule has 11 heteroatoms. The molecule has 1 fully saturated rings. The summed E-state index contributed by atoms with van der Waals surface area (Å²) < 4.78 is 71.4. The van der Waals surface area contributed by atoms with Gasteiger partial charge in [-0.25, -0.2) is 21.6 Å². The molecule has 1 N–H and O–H groups in total. The van der Waals surface area contributed by atoms with Gasteiger partial charge in [-0.15, -0.1) is 0 Å². The van der Waals surface area contributed by atoms with Crippen LogP contribution in [0.4, 0.5) is 13.2 Å². The van der Waals surface area contributed by atoms with Crippen LogP contribution >= 0.6 is 0 Å². The highest BCUT2D eigenvalue weighted by molar-refractivity contribution is 7.89. The van der Waals surface area contributed by atoms with Crippen molar-refractivity contribution in [2.24, 2.45) is 5.92 Å². The number of ether oxygens (including phenoxy) is 1. The molecule has 0 aliphatic carbocycles. The zero-order valence-electron chi connectivity index (χ0n) is 17.6. The van der Waals surface area contributed by atoms with E-state index in [1.807, 2.05) is 0 Å². The average molecular weight is 484 g/mol. The van der Waals surface area contributed by atoms with Gasteiger partial charge in [-0.3, -0.25) is 9.59 Å². The number of hydrogen-bond acceptors (Lipinski definition) is 5. The fourth-order valence-corrected chi connectivity index (χ4v) is 4.99. The predicted molar refractivity (Wildman–Crippen MR) is 112 cm³/mol. The Morgan fingerprint density at radius 3 is 2.30 bits per heavy atom. The van der Waals surface area contributed by atoms with Crippen LogP contribution in [0.2, 0.25) is 0 Å². The van der Waals surface area contributed by atoms with Crippen molar-refractivity contribution in [3.8, 4) is 0 Å². The van der Waals surface area contributed by atoms with Crippen molar-refractivity contribution in [2.45, 2.75) is 24.2 Å². The van der Waals surface area contributed by atoms with Crippen molar-refractivity contribution < 1.29 is 35.9 Å². The maximum Gasteiger partial charge on any atom is 0.309 e. The number of nitrogens with zero attached hydrogens (tertiary/aromatic N) is 1. The van der Waals surface area contributed by atoms with Gasteiger partial charge in [-0.05, 0) is 55.2 Å². The zero-order chi connectivity index (χ0) is 24.0. The van der Waals surface area contributed by atoms with E-state index in [0.29, 0.717) is 12.5 Å². The molecule has 1 aliphatic rings. The molecule has 0 spiro atoms. The molecule has 33 heavy (non-hydrogen) atoms. The molecule has 2 aromatic rings. The maximum absolute atomic E-state index is 13.9. The molecule has 7 nitrogen and oxygen atoms in total. The number of hydrogen-bond donors (Lipinski definition) is 1. The Morgan fingerprint density at radius 1 is 1.00 bits per heavy atom. The molecule has 0 saturated carbocycles. The monoisotopic (exact) mass is 484 g/mol. The largest absolute Gasteiger partial charge is 0.455 e. The van der Waals surface area contributed by atoms with Crippen LogP contribution in [0, 0.1) is 23.4 Å². The summed E-state index contributed by atoms with van der Waals surface area (Å²) in [7, 11) is -4.24.